The topological polar surface area (TPSA) is 84.0 Å². The van der Waals surface area contributed by atoms with Gasteiger partial charge in [-0.2, -0.15) is 0 Å². The highest BCUT2D eigenvalue weighted by atomic mass is 35.5. The van der Waals surface area contributed by atoms with E-state index in [-0.39, 0.29) is 11.6 Å². The molecule has 0 saturated carbocycles. The third-order valence-electron chi connectivity index (χ3n) is 4.01. The Kier molecular flexibility index (Phi) is 5.60. The maximum Gasteiger partial charge on any atom is 0.166 e. The van der Waals surface area contributed by atoms with Gasteiger partial charge in [0.15, 0.2) is 11.6 Å². The lowest BCUT2D eigenvalue weighted by molar-refractivity contribution is 0.0975. The third-order valence-corrected chi connectivity index (χ3v) is 4.22. The fraction of sp³-hybridized carbons (Fsp3) is 0.333. The van der Waals surface area contributed by atoms with Crippen LogP contribution >= 0.6 is 11.6 Å². The molecule has 2 aromatic heterocycles. The van der Waals surface area contributed by atoms with Crippen LogP contribution in [0, 0.1) is 0 Å². The van der Waals surface area contributed by atoms with Gasteiger partial charge in [0.2, 0.25) is 0 Å². The van der Waals surface area contributed by atoms with Gasteiger partial charge in [0.05, 0.1) is 16.1 Å². The molecule has 0 bridgehead atoms. The highest BCUT2D eigenvalue weighted by Crippen LogP contribution is 2.22. The summed E-state index contributed by atoms with van der Waals surface area (Å²) in [4.78, 5) is 31.1. The summed E-state index contributed by atoms with van der Waals surface area (Å²) >= 11 is 5.75. The lowest BCUT2D eigenvalue weighted by Gasteiger charge is -2.04. The molecule has 0 saturated heterocycles. The molecule has 4 rings (SSSR count). The summed E-state index contributed by atoms with van der Waals surface area (Å²) < 4.78 is 0. The predicted octanol–water partition coefficient (Wildman–Crippen LogP) is 3.59. The maximum atomic E-state index is 11.5. The molecule has 0 unspecified atom stereocenters. The Morgan fingerprint density at radius 2 is 1.56 bits per heavy atom. The van der Waals surface area contributed by atoms with E-state index in [1.807, 2.05) is 6.07 Å². The average Bonchev–Trinajstić information content (AvgIpc) is 2.92. The first-order valence-electron chi connectivity index (χ1n) is 8.30. The number of carbonyl (C=O) groups is 2. The second-order valence-corrected chi connectivity index (χ2v) is 6.29. The van der Waals surface area contributed by atoms with Crippen LogP contribution in [0.5, 0.6) is 0 Å². The largest absolute Gasteiger partial charge is 0.369 e. The normalized spacial score (nSPS) is 16.0. The van der Waals surface area contributed by atoms with Crippen LogP contribution in [0.4, 0.5) is 11.6 Å². The quantitative estimate of drug-likeness (QED) is 0.748. The monoisotopic (exact) mass is 358 g/mol. The number of Topliss-reactive ketones (excluding diaryl/α,β-unsaturated/α-hetero) is 2. The molecular weight excluding hydrogens is 340 g/mol. The minimum absolute atomic E-state index is 0.120. The number of pyridine rings is 2. The molecule has 0 atom stereocenters. The molecule has 0 amide bonds. The van der Waals surface area contributed by atoms with Crippen LogP contribution < -0.4 is 10.6 Å². The summed E-state index contributed by atoms with van der Waals surface area (Å²) in [5.74, 6) is 1.71. The Balaban J connectivity index is 0.000000146. The molecule has 2 aliphatic rings. The molecule has 0 fully saturated rings. The SMILES string of the molecule is O=C1CCCNc2ncc(Cl)cc21.O=C1CCCNc2ncccc21. The third kappa shape index (κ3) is 4.33. The molecule has 6 nitrogen and oxygen atoms in total. The number of anilines is 2. The number of hydrogen-bond donors (Lipinski definition) is 2. The summed E-state index contributed by atoms with van der Waals surface area (Å²) in [7, 11) is 0. The number of halogens is 1. The summed E-state index contributed by atoms with van der Waals surface area (Å²) in [5.41, 5.74) is 1.35. The molecule has 7 heteroatoms. The van der Waals surface area contributed by atoms with Crippen LogP contribution in [-0.2, 0) is 0 Å². The molecule has 25 heavy (non-hydrogen) atoms. The van der Waals surface area contributed by atoms with Gasteiger partial charge in [-0.15, -0.1) is 0 Å². The van der Waals surface area contributed by atoms with Crippen molar-refractivity contribution < 1.29 is 9.59 Å². The number of carbonyl (C=O) groups excluding carboxylic acids is 2. The van der Waals surface area contributed by atoms with Gasteiger partial charge in [-0.1, -0.05) is 11.6 Å². The van der Waals surface area contributed by atoms with Crippen LogP contribution in [-0.4, -0.2) is 34.6 Å². The average molecular weight is 359 g/mol. The zero-order valence-electron chi connectivity index (χ0n) is 13.7. The Morgan fingerprint density at radius 3 is 2.28 bits per heavy atom. The smallest absolute Gasteiger partial charge is 0.166 e. The number of hydrogen-bond acceptors (Lipinski definition) is 6. The Bertz CT molecular complexity index is 794. The maximum absolute atomic E-state index is 11.5. The van der Waals surface area contributed by atoms with Crippen LogP contribution in [0.1, 0.15) is 46.4 Å². The van der Waals surface area contributed by atoms with Crippen LogP contribution in [0.15, 0.2) is 30.6 Å². The molecule has 0 aliphatic carbocycles. The van der Waals surface area contributed by atoms with E-state index in [2.05, 4.69) is 20.6 Å². The van der Waals surface area contributed by atoms with Crippen molar-refractivity contribution in [2.75, 3.05) is 23.7 Å². The van der Waals surface area contributed by atoms with Crippen molar-refractivity contribution in [3.05, 3.63) is 46.7 Å². The van der Waals surface area contributed by atoms with Crippen molar-refractivity contribution in [3.63, 3.8) is 0 Å². The van der Waals surface area contributed by atoms with E-state index < -0.39 is 0 Å². The fourth-order valence-electron chi connectivity index (χ4n) is 2.74. The zero-order valence-corrected chi connectivity index (χ0v) is 14.5. The highest BCUT2D eigenvalue weighted by molar-refractivity contribution is 6.31. The summed E-state index contributed by atoms with van der Waals surface area (Å²) in [6.07, 6.45) is 6.20. The van der Waals surface area contributed by atoms with E-state index in [9.17, 15) is 9.59 Å². The zero-order chi connectivity index (χ0) is 17.6. The first kappa shape index (κ1) is 17.4. The summed E-state index contributed by atoms with van der Waals surface area (Å²) in [6.45, 7) is 1.64. The minimum Gasteiger partial charge on any atom is -0.369 e. The number of nitrogens with zero attached hydrogens (tertiary/aromatic N) is 2. The molecule has 4 heterocycles. The van der Waals surface area contributed by atoms with Crippen molar-refractivity contribution >= 4 is 34.8 Å². The molecule has 2 N–H and O–H groups in total. The first-order chi connectivity index (χ1) is 12.1. The molecule has 130 valence electrons. The summed E-state index contributed by atoms with van der Waals surface area (Å²) in [5, 5.41) is 6.73. The van der Waals surface area contributed by atoms with Gasteiger partial charge in [0.25, 0.3) is 0 Å². The molecule has 0 radical (unpaired) electrons. The number of fused-ring (bicyclic) bond motifs is 2. The van der Waals surface area contributed by atoms with Crippen LogP contribution in [0.3, 0.4) is 0 Å². The highest BCUT2D eigenvalue weighted by Gasteiger charge is 2.16. The van der Waals surface area contributed by atoms with Gasteiger partial charge in [0.1, 0.15) is 11.6 Å². The van der Waals surface area contributed by atoms with Crippen molar-refractivity contribution in [2.24, 2.45) is 0 Å². The Labute approximate surface area is 151 Å². The Morgan fingerprint density at radius 1 is 0.920 bits per heavy atom. The first-order valence-corrected chi connectivity index (χ1v) is 8.67. The van der Waals surface area contributed by atoms with Crippen molar-refractivity contribution in [3.8, 4) is 0 Å². The second-order valence-electron chi connectivity index (χ2n) is 5.86. The fourth-order valence-corrected chi connectivity index (χ4v) is 2.90. The number of nitrogens with one attached hydrogen (secondary N) is 2. The number of ketones is 2. The van der Waals surface area contributed by atoms with Crippen molar-refractivity contribution in [1.29, 1.82) is 0 Å². The van der Waals surface area contributed by atoms with Gasteiger partial charge in [-0.25, -0.2) is 9.97 Å². The predicted molar refractivity (Wildman–Crippen MR) is 97.6 cm³/mol. The van der Waals surface area contributed by atoms with E-state index in [1.54, 1.807) is 24.5 Å². The van der Waals surface area contributed by atoms with Gasteiger partial charge < -0.3 is 10.6 Å². The van der Waals surface area contributed by atoms with Crippen molar-refractivity contribution in [1.82, 2.24) is 9.97 Å². The van der Waals surface area contributed by atoms with Gasteiger partial charge >= 0.3 is 0 Å². The summed E-state index contributed by atoms with van der Waals surface area (Å²) in [6, 6.07) is 5.29. The minimum atomic E-state index is 0.120. The lowest BCUT2D eigenvalue weighted by atomic mass is 10.1. The van der Waals surface area contributed by atoms with E-state index in [4.69, 9.17) is 11.6 Å². The van der Waals surface area contributed by atoms with E-state index in [0.29, 0.717) is 29.2 Å². The number of aromatic nitrogens is 2. The Hall–Kier alpha value is -2.47. The van der Waals surface area contributed by atoms with Gasteiger partial charge in [0, 0.05) is 38.3 Å². The van der Waals surface area contributed by atoms with Crippen molar-refractivity contribution in [2.45, 2.75) is 25.7 Å². The van der Waals surface area contributed by atoms with Crippen LogP contribution in [0.2, 0.25) is 5.02 Å². The van der Waals surface area contributed by atoms with Gasteiger partial charge in [-0.05, 0) is 31.0 Å². The number of rotatable bonds is 0. The lowest BCUT2D eigenvalue weighted by Crippen LogP contribution is -2.02. The molecular formula is C18H19ClN4O2. The second kappa shape index (κ2) is 8.07. The molecule has 0 aromatic carbocycles. The van der Waals surface area contributed by atoms with Crippen LogP contribution in [0.25, 0.3) is 0 Å². The van der Waals surface area contributed by atoms with E-state index >= 15 is 0 Å². The van der Waals surface area contributed by atoms with Gasteiger partial charge in [-0.3, -0.25) is 9.59 Å². The standard InChI is InChI=1S/C9H9ClN2O.C9H10N2O/c10-6-4-7-8(13)2-1-3-11-9(7)12-5-6;12-8-4-2-6-11-9-7(8)3-1-5-10-9/h4-5H,1-3H2,(H,11,12);1,3,5H,2,4,6H2,(H,10,11). The molecule has 0 spiro atoms. The molecule has 2 aromatic rings. The van der Waals surface area contributed by atoms with E-state index in [0.717, 1.165) is 37.3 Å². The van der Waals surface area contributed by atoms with E-state index in [1.165, 1.54) is 0 Å². The molecule has 2 aliphatic heterocycles.